The van der Waals surface area contributed by atoms with Gasteiger partial charge in [-0.15, -0.1) is 0 Å². The van der Waals surface area contributed by atoms with Gasteiger partial charge in [0.25, 0.3) is 5.91 Å². The molecule has 4 nitrogen and oxygen atoms in total. The van der Waals surface area contributed by atoms with Crippen LogP contribution in [0.15, 0.2) is 48.5 Å². The van der Waals surface area contributed by atoms with E-state index in [1.54, 1.807) is 18.9 Å². The van der Waals surface area contributed by atoms with Gasteiger partial charge in [-0.05, 0) is 55.7 Å². The number of thioether (sulfide) groups is 1. The number of hydrogen-bond acceptors (Lipinski definition) is 4. The second-order valence-electron chi connectivity index (χ2n) is 6.09. The minimum Gasteiger partial charge on any atom is -0.497 e. The van der Waals surface area contributed by atoms with E-state index in [1.165, 1.54) is 5.56 Å². The van der Waals surface area contributed by atoms with Crippen molar-refractivity contribution < 1.29 is 9.53 Å². The average Bonchev–Trinajstić information content (AvgIpc) is 2.63. The second-order valence-corrected chi connectivity index (χ2v) is 6.96. The van der Waals surface area contributed by atoms with Crippen molar-refractivity contribution in [1.29, 1.82) is 0 Å². The lowest BCUT2D eigenvalue weighted by atomic mass is 10.1. The molecule has 2 aromatic carbocycles. The molecule has 0 aromatic heterocycles. The molecule has 1 N–H and O–H groups in total. The molecule has 2 aromatic rings. The summed E-state index contributed by atoms with van der Waals surface area (Å²) < 4.78 is 5.21. The Morgan fingerprint density at radius 1 is 1.12 bits per heavy atom. The predicted molar refractivity (Wildman–Crippen MR) is 105 cm³/mol. The third-order valence-electron chi connectivity index (χ3n) is 4.11. The van der Waals surface area contributed by atoms with Gasteiger partial charge in [0, 0.05) is 17.9 Å². The molecule has 0 radical (unpaired) electrons. The number of carbonyl (C=O) groups is 1. The first kappa shape index (κ1) is 19.3. The first-order valence-corrected chi connectivity index (χ1v) is 9.61. The van der Waals surface area contributed by atoms with Crippen LogP contribution in [0.2, 0.25) is 0 Å². The fourth-order valence-electron chi connectivity index (χ4n) is 2.64. The van der Waals surface area contributed by atoms with Crippen LogP contribution in [0.1, 0.15) is 27.5 Å². The summed E-state index contributed by atoms with van der Waals surface area (Å²) in [5, 5.41) is 3.04. The van der Waals surface area contributed by atoms with Crippen LogP contribution in [0.25, 0.3) is 0 Å². The van der Waals surface area contributed by atoms with Gasteiger partial charge in [0.15, 0.2) is 0 Å². The van der Waals surface area contributed by atoms with E-state index in [0.29, 0.717) is 12.1 Å². The molecule has 2 rings (SSSR count). The maximum Gasteiger partial charge on any atom is 0.251 e. The average molecular weight is 359 g/mol. The van der Waals surface area contributed by atoms with E-state index in [0.717, 1.165) is 17.1 Å². The highest BCUT2D eigenvalue weighted by Gasteiger charge is 2.16. The van der Waals surface area contributed by atoms with Gasteiger partial charge in [0.1, 0.15) is 5.75 Å². The highest BCUT2D eigenvalue weighted by atomic mass is 32.2. The van der Waals surface area contributed by atoms with Crippen molar-refractivity contribution in [3.05, 3.63) is 65.2 Å². The van der Waals surface area contributed by atoms with Gasteiger partial charge in [-0.2, -0.15) is 11.8 Å². The van der Waals surface area contributed by atoms with Crippen molar-refractivity contribution in [2.75, 3.05) is 34.0 Å². The predicted octanol–water partition coefficient (Wildman–Crippen LogP) is 3.59. The Labute approximate surface area is 154 Å². The Morgan fingerprint density at radius 3 is 2.28 bits per heavy atom. The van der Waals surface area contributed by atoms with Gasteiger partial charge < -0.3 is 15.0 Å². The minimum absolute atomic E-state index is 0.0453. The van der Waals surface area contributed by atoms with E-state index in [2.05, 4.69) is 16.5 Å². The third-order valence-corrected chi connectivity index (χ3v) is 4.73. The zero-order chi connectivity index (χ0) is 18.2. The summed E-state index contributed by atoms with van der Waals surface area (Å²) >= 11 is 1.77. The number of benzene rings is 2. The zero-order valence-corrected chi connectivity index (χ0v) is 16.1. The number of likely N-dealkylation sites (N-methyl/N-ethyl adjacent to an activating group) is 1. The van der Waals surface area contributed by atoms with E-state index >= 15 is 0 Å². The van der Waals surface area contributed by atoms with Crippen molar-refractivity contribution in [3.8, 4) is 5.75 Å². The Balaban J connectivity index is 2.01. The van der Waals surface area contributed by atoms with Crippen molar-refractivity contribution in [3.63, 3.8) is 0 Å². The van der Waals surface area contributed by atoms with Crippen LogP contribution in [-0.4, -0.2) is 44.8 Å². The van der Waals surface area contributed by atoms with Crippen LogP contribution in [0.4, 0.5) is 0 Å². The molecule has 0 heterocycles. The molecule has 1 amide bonds. The smallest absolute Gasteiger partial charge is 0.251 e. The first-order chi connectivity index (χ1) is 12.0. The zero-order valence-electron chi connectivity index (χ0n) is 15.3. The number of carbonyl (C=O) groups excluding carboxylic acids is 1. The van der Waals surface area contributed by atoms with Crippen LogP contribution in [0.5, 0.6) is 5.75 Å². The normalized spacial score (nSPS) is 12.0. The van der Waals surface area contributed by atoms with E-state index in [-0.39, 0.29) is 11.9 Å². The standard InChI is InChI=1S/C20H26N2O2S/c1-22(2)19(16-9-11-18(24-3)12-10-16)13-21-20(23)17-7-5-15(6-8-17)14-25-4/h5-12,19H,13-14H2,1-4H3,(H,21,23). The quantitative estimate of drug-likeness (QED) is 0.783. The topological polar surface area (TPSA) is 41.6 Å². The van der Waals surface area contributed by atoms with Crippen LogP contribution in [-0.2, 0) is 5.75 Å². The van der Waals surface area contributed by atoms with Gasteiger partial charge in [0.2, 0.25) is 0 Å². The molecule has 0 aliphatic heterocycles. The summed E-state index contributed by atoms with van der Waals surface area (Å²) in [6.07, 6.45) is 2.07. The van der Waals surface area contributed by atoms with Crippen LogP contribution >= 0.6 is 11.8 Å². The number of rotatable bonds is 8. The molecule has 0 aliphatic carbocycles. The van der Waals surface area contributed by atoms with Gasteiger partial charge in [-0.1, -0.05) is 24.3 Å². The Kier molecular flexibility index (Phi) is 7.34. The van der Waals surface area contributed by atoms with Crippen LogP contribution < -0.4 is 10.1 Å². The molecular weight excluding hydrogens is 332 g/mol. The van der Waals surface area contributed by atoms with Gasteiger partial charge in [-0.3, -0.25) is 4.79 Å². The summed E-state index contributed by atoms with van der Waals surface area (Å²) in [5.74, 6) is 1.74. The number of amides is 1. The molecule has 1 atom stereocenters. The van der Waals surface area contributed by atoms with Gasteiger partial charge in [-0.25, -0.2) is 0 Å². The lowest BCUT2D eigenvalue weighted by molar-refractivity contribution is 0.0942. The second kappa shape index (κ2) is 9.49. The first-order valence-electron chi connectivity index (χ1n) is 8.21. The van der Waals surface area contributed by atoms with E-state index < -0.39 is 0 Å². The third kappa shape index (κ3) is 5.51. The summed E-state index contributed by atoms with van der Waals surface area (Å²) in [6.45, 7) is 0.546. The maximum absolute atomic E-state index is 12.4. The highest BCUT2D eigenvalue weighted by Crippen LogP contribution is 2.21. The molecule has 0 bridgehead atoms. The molecule has 0 fully saturated rings. The number of ether oxygens (including phenoxy) is 1. The van der Waals surface area contributed by atoms with Gasteiger partial charge in [0.05, 0.1) is 13.2 Å². The number of nitrogens with zero attached hydrogens (tertiary/aromatic N) is 1. The molecule has 0 saturated heterocycles. The van der Waals surface area contributed by atoms with Crippen LogP contribution in [0.3, 0.4) is 0 Å². The van der Waals surface area contributed by atoms with E-state index in [1.807, 2.05) is 62.6 Å². The molecule has 5 heteroatoms. The van der Waals surface area contributed by atoms with Crippen molar-refractivity contribution in [2.45, 2.75) is 11.8 Å². The lowest BCUT2D eigenvalue weighted by Gasteiger charge is -2.25. The van der Waals surface area contributed by atoms with Crippen molar-refractivity contribution in [2.24, 2.45) is 0 Å². The van der Waals surface area contributed by atoms with E-state index in [9.17, 15) is 4.79 Å². The molecule has 0 spiro atoms. The van der Waals surface area contributed by atoms with Crippen LogP contribution in [0, 0.1) is 0 Å². The fraction of sp³-hybridized carbons (Fsp3) is 0.350. The monoisotopic (exact) mass is 358 g/mol. The molecule has 25 heavy (non-hydrogen) atoms. The van der Waals surface area contributed by atoms with Crippen molar-refractivity contribution >= 4 is 17.7 Å². The summed E-state index contributed by atoms with van der Waals surface area (Å²) in [6, 6.07) is 15.9. The Morgan fingerprint density at radius 2 is 1.76 bits per heavy atom. The van der Waals surface area contributed by atoms with E-state index in [4.69, 9.17) is 4.74 Å². The highest BCUT2D eigenvalue weighted by molar-refractivity contribution is 7.97. The summed E-state index contributed by atoms with van der Waals surface area (Å²) in [5.41, 5.74) is 3.06. The summed E-state index contributed by atoms with van der Waals surface area (Å²) in [7, 11) is 5.68. The molecule has 0 saturated carbocycles. The minimum atomic E-state index is -0.0453. The maximum atomic E-state index is 12.4. The lowest BCUT2D eigenvalue weighted by Crippen LogP contribution is -2.34. The SMILES string of the molecule is COc1ccc(C(CNC(=O)c2ccc(CSC)cc2)N(C)C)cc1. The summed E-state index contributed by atoms with van der Waals surface area (Å²) in [4.78, 5) is 14.5. The Hall–Kier alpha value is -1.98. The number of nitrogens with one attached hydrogen (secondary N) is 1. The fourth-order valence-corrected chi connectivity index (χ4v) is 3.16. The van der Waals surface area contributed by atoms with Crippen molar-refractivity contribution in [1.82, 2.24) is 10.2 Å². The van der Waals surface area contributed by atoms with Gasteiger partial charge >= 0.3 is 0 Å². The molecule has 1 unspecified atom stereocenters. The Bertz CT molecular complexity index is 669. The molecule has 0 aliphatic rings. The number of hydrogen-bond donors (Lipinski definition) is 1. The molecular formula is C20H26N2O2S. The molecule has 134 valence electrons. The number of methoxy groups -OCH3 is 1. The largest absolute Gasteiger partial charge is 0.497 e.